The van der Waals surface area contributed by atoms with Crippen LogP contribution < -0.4 is 4.90 Å². The van der Waals surface area contributed by atoms with Gasteiger partial charge in [0.15, 0.2) is 0 Å². The van der Waals surface area contributed by atoms with Crippen molar-refractivity contribution in [1.29, 1.82) is 0 Å². The Kier molecular flexibility index (Phi) is 3.90. The average Bonchev–Trinajstić information content (AvgIpc) is 3.05. The fourth-order valence-corrected chi connectivity index (χ4v) is 4.16. The minimum Gasteiger partial charge on any atom is -0.273 e. The molecule has 110 valence electrons. The molecule has 2 aromatic rings. The summed E-state index contributed by atoms with van der Waals surface area (Å²) in [7, 11) is 0. The van der Waals surface area contributed by atoms with Gasteiger partial charge >= 0.3 is 0 Å². The predicted molar refractivity (Wildman–Crippen MR) is 78.3 cm³/mol. The smallest absolute Gasteiger partial charge is 0.240 e. The van der Waals surface area contributed by atoms with Crippen LogP contribution in [0.1, 0.15) is 22.9 Å². The molecule has 8 heteroatoms. The minimum atomic E-state index is -0.739. The topological polar surface area (TPSA) is 46.1 Å². The summed E-state index contributed by atoms with van der Waals surface area (Å²) >= 11 is 2.46. The van der Waals surface area contributed by atoms with Crippen LogP contribution in [0.5, 0.6) is 0 Å². The highest BCUT2D eigenvalue weighted by atomic mass is 32.2. The number of carbonyl (C=O) groups is 1. The molecule has 1 atom stereocenters. The maximum Gasteiger partial charge on any atom is 0.240 e. The fourth-order valence-electron chi connectivity index (χ4n) is 2.08. The van der Waals surface area contributed by atoms with E-state index in [1.807, 2.05) is 6.92 Å². The first kappa shape index (κ1) is 14.4. The van der Waals surface area contributed by atoms with Gasteiger partial charge < -0.3 is 0 Å². The lowest BCUT2D eigenvalue weighted by Gasteiger charge is -2.21. The van der Waals surface area contributed by atoms with Crippen molar-refractivity contribution in [3.8, 4) is 0 Å². The molecule has 2 heterocycles. The van der Waals surface area contributed by atoms with E-state index in [4.69, 9.17) is 0 Å². The number of thioether (sulfide) groups is 1. The molecule has 0 aliphatic carbocycles. The van der Waals surface area contributed by atoms with E-state index in [1.165, 1.54) is 46.2 Å². The molecule has 21 heavy (non-hydrogen) atoms. The Morgan fingerprint density at radius 1 is 1.33 bits per heavy atom. The predicted octanol–water partition coefficient (Wildman–Crippen LogP) is 3.16. The molecule has 1 aromatic carbocycles. The molecule has 1 aliphatic rings. The second kappa shape index (κ2) is 5.69. The number of carbonyl (C=O) groups excluding carboxylic acids is 1. The number of benzene rings is 1. The maximum absolute atomic E-state index is 14.0. The Balaban J connectivity index is 2.03. The zero-order valence-electron chi connectivity index (χ0n) is 11.0. The monoisotopic (exact) mass is 327 g/mol. The lowest BCUT2D eigenvalue weighted by Crippen LogP contribution is -2.28. The van der Waals surface area contributed by atoms with Crippen molar-refractivity contribution < 1.29 is 13.6 Å². The number of nitrogens with zero attached hydrogens (tertiary/aromatic N) is 3. The third-order valence-corrected chi connectivity index (χ3v) is 5.32. The highest BCUT2D eigenvalue weighted by Crippen LogP contribution is 2.44. The summed E-state index contributed by atoms with van der Waals surface area (Å²) < 4.78 is 27.9. The van der Waals surface area contributed by atoms with E-state index >= 15 is 0 Å². The largest absolute Gasteiger partial charge is 0.273 e. The van der Waals surface area contributed by atoms with Crippen LogP contribution in [-0.2, 0) is 11.2 Å². The zero-order valence-corrected chi connectivity index (χ0v) is 12.7. The summed E-state index contributed by atoms with van der Waals surface area (Å²) in [5.41, 5.74) is -0.110. The quantitative estimate of drug-likeness (QED) is 0.869. The first-order chi connectivity index (χ1) is 10.1. The molecule has 4 nitrogen and oxygen atoms in total. The van der Waals surface area contributed by atoms with Crippen LogP contribution in [0.25, 0.3) is 0 Å². The molecule has 3 rings (SSSR count). The van der Waals surface area contributed by atoms with Gasteiger partial charge in [-0.1, -0.05) is 24.3 Å². The van der Waals surface area contributed by atoms with Crippen molar-refractivity contribution in [2.24, 2.45) is 0 Å². The van der Waals surface area contributed by atoms with Gasteiger partial charge in [-0.15, -0.1) is 22.0 Å². The normalized spacial score (nSPS) is 18.5. The van der Waals surface area contributed by atoms with E-state index in [-0.39, 0.29) is 17.2 Å². The van der Waals surface area contributed by atoms with Crippen LogP contribution in [0.15, 0.2) is 18.2 Å². The highest BCUT2D eigenvalue weighted by Gasteiger charge is 2.39. The molecule has 0 N–H and O–H groups in total. The van der Waals surface area contributed by atoms with E-state index in [9.17, 15) is 13.6 Å². The van der Waals surface area contributed by atoms with Crippen molar-refractivity contribution in [1.82, 2.24) is 10.2 Å². The molecule has 0 spiro atoms. The van der Waals surface area contributed by atoms with Gasteiger partial charge in [-0.25, -0.2) is 8.78 Å². The number of aryl methyl sites for hydroxylation is 1. The first-order valence-corrected chi connectivity index (χ1v) is 8.18. The number of aromatic nitrogens is 2. The molecule has 1 amide bonds. The summed E-state index contributed by atoms with van der Waals surface area (Å²) in [6.45, 7) is 1.93. The molecule has 0 saturated carbocycles. The zero-order chi connectivity index (χ0) is 15.0. The summed E-state index contributed by atoms with van der Waals surface area (Å²) in [4.78, 5) is 13.4. The Bertz CT molecular complexity index is 672. The fraction of sp³-hybridized carbons (Fsp3) is 0.308. The van der Waals surface area contributed by atoms with Crippen LogP contribution in [0.3, 0.4) is 0 Å². The van der Waals surface area contributed by atoms with Gasteiger partial charge in [0, 0.05) is 0 Å². The average molecular weight is 327 g/mol. The second-order valence-corrected chi connectivity index (χ2v) is 6.50. The van der Waals surface area contributed by atoms with Crippen molar-refractivity contribution in [2.75, 3.05) is 10.7 Å². The maximum atomic E-state index is 14.0. The lowest BCUT2D eigenvalue weighted by atomic mass is 10.2. The molecule has 0 radical (unpaired) electrons. The molecular weight excluding hydrogens is 316 g/mol. The molecule has 1 aliphatic heterocycles. The Morgan fingerprint density at radius 3 is 2.67 bits per heavy atom. The standard InChI is InChI=1S/C13H11F2N3OS2/c1-2-9-16-17-13(21-9)18-10(19)6-20-12(18)11-7(14)4-3-5-8(11)15/h3-5,12H,2,6H2,1H3. The third kappa shape index (κ3) is 2.53. The summed E-state index contributed by atoms with van der Waals surface area (Å²) in [5, 5.41) is 8.36. The van der Waals surface area contributed by atoms with Crippen molar-refractivity contribution in [2.45, 2.75) is 18.7 Å². The van der Waals surface area contributed by atoms with Crippen LogP contribution in [0.2, 0.25) is 0 Å². The van der Waals surface area contributed by atoms with Gasteiger partial charge in [-0.2, -0.15) is 0 Å². The van der Waals surface area contributed by atoms with Crippen LogP contribution in [0.4, 0.5) is 13.9 Å². The number of amides is 1. The SMILES string of the molecule is CCc1nnc(N2C(=O)CSC2c2c(F)cccc2F)s1. The van der Waals surface area contributed by atoms with E-state index in [1.54, 1.807) is 0 Å². The lowest BCUT2D eigenvalue weighted by molar-refractivity contribution is -0.115. The third-order valence-electron chi connectivity index (χ3n) is 3.08. The van der Waals surface area contributed by atoms with Crippen LogP contribution in [0, 0.1) is 11.6 Å². The van der Waals surface area contributed by atoms with E-state index < -0.39 is 17.0 Å². The number of hydrogen-bond donors (Lipinski definition) is 0. The van der Waals surface area contributed by atoms with Crippen molar-refractivity contribution in [3.05, 3.63) is 40.4 Å². The van der Waals surface area contributed by atoms with Gasteiger partial charge in [0.2, 0.25) is 11.0 Å². The second-order valence-electron chi connectivity index (χ2n) is 4.39. The number of hydrogen-bond acceptors (Lipinski definition) is 5. The van der Waals surface area contributed by atoms with Crippen molar-refractivity contribution >= 4 is 34.1 Å². The summed E-state index contributed by atoms with van der Waals surface area (Å²) in [5.74, 6) is -1.37. The summed E-state index contributed by atoms with van der Waals surface area (Å²) in [6, 6.07) is 3.69. The van der Waals surface area contributed by atoms with Crippen LogP contribution in [-0.4, -0.2) is 21.9 Å². The molecule has 1 unspecified atom stereocenters. The van der Waals surface area contributed by atoms with Gasteiger partial charge in [0.25, 0.3) is 0 Å². The van der Waals surface area contributed by atoms with Gasteiger partial charge in [0.1, 0.15) is 22.0 Å². The van der Waals surface area contributed by atoms with E-state index in [0.717, 1.165) is 5.01 Å². The molecule has 0 bridgehead atoms. The number of anilines is 1. The van der Waals surface area contributed by atoms with E-state index in [0.29, 0.717) is 11.6 Å². The summed E-state index contributed by atoms with van der Waals surface area (Å²) in [6.07, 6.45) is 0.700. The molecular formula is C13H11F2N3OS2. The van der Waals surface area contributed by atoms with Crippen molar-refractivity contribution in [3.63, 3.8) is 0 Å². The number of rotatable bonds is 3. The molecule has 1 aromatic heterocycles. The first-order valence-electron chi connectivity index (χ1n) is 6.31. The highest BCUT2D eigenvalue weighted by molar-refractivity contribution is 8.00. The minimum absolute atomic E-state index is 0.110. The Labute approximate surface area is 128 Å². The van der Waals surface area contributed by atoms with E-state index in [2.05, 4.69) is 10.2 Å². The molecule has 1 saturated heterocycles. The number of halogens is 2. The molecule has 1 fully saturated rings. The van der Waals surface area contributed by atoms with Gasteiger partial charge in [0.05, 0.1) is 11.3 Å². The Hall–Kier alpha value is -1.54. The van der Waals surface area contributed by atoms with Gasteiger partial charge in [-0.05, 0) is 18.6 Å². The van der Waals surface area contributed by atoms with Gasteiger partial charge in [-0.3, -0.25) is 9.69 Å². The van der Waals surface area contributed by atoms with Crippen LogP contribution >= 0.6 is 23.1 Å². The Morgan fingerprint density at radius 2 is 2.05 bits per heavy atom.